The lowest BCUT2D eigenvalue weighted by Crippen LogP contribution is -2.37. The number of nitrogens with zero attached hydrogens (tertiary/aromatic N) is 2. The number of aliphatic hydroxyl groups is 2. The van der Waals surface area contributed by atoms with Crippen molar-refractivity contribution in [2.24, 2.45) is 0 Å². The molecule has 0 saturated carbocycles. The van der Waals surface area contributed by atoms with Crippen LogP contribution in [0, 0.1) is 11.3 Å². The maximum atomic E-state index is 12.1. The molecule has 0 bridgehead atoms. The first-order chi connectivity index (χ1) is 10.6. The summed E-state index contributed by atoms with van der Waals surface area (Å²) in [7, 11) is 0. The molecule has 0 spiro atoms. The Bertz CT molecular complexity index is 546. The van der Waals surface area contributed by atoms with Crippen LogP contribution >= 0.6 is 11.6 Å². The number of carbonyl (C=O) groups is 1. The van der Waals surface area contributed by atoms with E-state index in [0.29, 0.717) is 11.6 Å². The van der Waals surface area contributed by atoms with Gasteiger partial charge in [-0.05, 0) is 17.7 Å². The molecule has 0 radical (unpaired) electrons. The summed E-state index contributed by atoms with van der Waals surface area (Å²) in [4.78, 5) is 13.3. The fraction of sp³-hybridized carbons (Fsp3) is 0.333. The highest BCUT2D eigenvalue weighted by molar-refractivity contribution is 6.30. The van der Waals surface area contributed by atoms with Crippen molar-refractivity contribution < 1.29 is 15.0 Å². The van der Waals surface area contributed by atoms with E-state index in [2.05, 4.69) is 5.32 Å². The molecule has 0 fully saturated rings. The lowest BCUT2D eigenvalue weighted by molar-refractivity contribution is -0.127. The summed E-state index contributed by atoms with van der Waals surface area (Å²) >= 11 is 5.79. The van der Waals surface area contributed by atoms with Crippen molar-refractivity contribution >= 4 is 17.5 Å². The van der Waals surface area contributed by atoms with E-state index in [-0.39, 0.29) is 31.9 Å². The van der Waals surface area contributed by atoms with Gasteiger partial charge in [-0.25, -0.2) is 0 Å². The Balaban J connectivity index is 2.67. The molecule has 1 aromatic rings. The fourth-order valence-corrected chi connectivity index (χ4v) is 1.87. The number of nitriles is 1. The van der Waals surface area contributed by atoms with Crippen molar-refractivity contribution in [3.8, 4) is 6.07 Å². The van der Waals surface area contributed by atoms with Crippen LogP contribution in [-0.2, 0) is 11.3 Å². The molecule has 0 aromatic heterocycles. The minimum Gasteiger partial charge on any atom is -0.395 e. The van der Waals surface area contributed by atoms with Crippen LogP contribution in [0.4, 0.5) is 0 Å². The smallest absolute Gasteiger partial charge is 0.266 e. The van der Waals surface area contributed by atoms with Gasteiger partial charge in [0.1, 0.15) is 11.6 Å². The van der Waals surface area contributed by atoms with E-state index in [4.69, 9.17) is 27.1 Å². The van der Waals surface area contributed by atoms with Gasteiger partial charge in [0.25, 0.3) is 5.91 Å². The van der Waals surface area contributed by atoms with Crippen LogP contribution in [0.1, 0.15) is 5.56 Å². The molecule has 0 aliphatic heterocycles. The molecule has 0 atom stereocenters. The molecule has 22 heavy (non-hydrogen) atoms. The van der Waals surface area contributed by atoms with Gasteiger partial charge < -0.3 is 20.4 Å². The van der Waals surface area contributed by atoms with Gasteiger partial charge in [-0.3, -0.25) is 4.79 Å². The monoisotopic (exact) mass is 323 g/mol. The largest absolute Gasteiger partial charge is 0.395 e. The van der Waals surface area contributed by atoms with Gasteiger partial charge >= 0.3 is 0 Å². The van der Waals surface area contributed by atoms with Crippen LogP contribution < -0.4 is 5.32 Å². The molecule has 0 unspecified atom stereocenters. The maximum absolute atomic E-state index is 12.1. The molecule has 7 heteroatoms. The van der Waals surface area contributed by atoms with E-state index < -0.39 is 5.91 Å². The highest BCUT2D eigenvalue weighted by Crippen LogP contribution is 2.09. The molecule has 1 amide bonds. The van der Waals surface area contributed by atoms with Gasteiger partial charge in [0.15, 0.2) is 0 Å². The zero-order chi connectivity index (χ0) is 16.4. The molecular weight excluding hydrogens is 306 g/mol. The number of halogens is 1. The average Bonchev–Trinajstić information content (AvgIpc) is 2.52. The zero-order valence-electron chi connectivity index (χ0n) is 12.0. The van der Waals surface area contributed by atoms with Crippen LogP contribution in [0.5, 0.6) is 0 Å². The van der Waals surface area contributed by atoms with Gasteiger partial charge in [-0.1, -0.05) is 23.7 Å². The molecule has 1 aromatic carbocycles. The van der Waals surface area contributed by atoms with Gasteiger partial charge in [-0.2, -0.15) is 5.26 Å². The predicted molar refractivity (Wildman–Crippen MR) is 82.7 cm³/mol. The summed E-state index contributed by atoms with van der Waals surface area (Å²) in [5.41, 5.74) is 0.865. The van der Waals surface area contributed by atoms with Crippen LogP contribution in [-0.4, -0.2) is 47.3 Å². The number of benzene rings is 1. The van der Waals surface area contributed by atoms with Gasteiger partial charge in [0.05, 0.1) is 13.2 Å². The van der Waals surface area contributed by atoms with Crippen molar-refractivity contribution in [3.05, 3.63) is 46.6 Å². The van der Waals surface area contributed by atoms with Gasteiger partial charge in [0.2, 0.25) is 0 Å². The number of hydrogen-bond donors (Lipinski definition) is 3. The number of aliphatic hydroxyl groups excluding tert-OH is 2. The molecule has 118 valence electrons. The van der Waals surface area contributed by atoms with Crippen molar-refractivity contribution in [1.29, 1.82) is 5.26 Å². The van der Waals surface area contributed by atoms with Crippen LogP contribution in [0.3, 0.4) is 0 Å². The van der Waals surface area contributed by atoms with Gasteiger partial charge in [-0.15, -0.1) is 0 Å². The molecule has 0 heterocycles. The Kier molecular flexibility index (Phi) is 8.00. The van der Waals surface area contributed by atoms with Crippen LogP contribution in [0.25, 0.3) is 0 Å². The Morgan fingerprint density at radius 2 is 1.86 bits per heavy atom. The van der Waals surface area contributed by atoms with Crippen molar-refractivity contribution in [3.63, 3.8) is 0 Å². The zero-order valence-corrected chi connectivity index (χ0v) is 12.8. The Labute approximate surface area is 134 Å². The second-order valence-electron chi connectivity index (χ2n) is 4.42. The van der Waals surface area contributed by atoms with E-state index in [1.807, 2.05) is 18.2 Å². The molecule has 3 N–H and O–H groups in total. The third kappa shape index (κ3) is 5.74. The first-order valence-corrected chi connectivity index (χ1v) is 7.09. The van der Waals surface area contributed by atoms with E-state index in [1.54, 1.807) is 12.1 Å². The summed E-state index contributed by atoms with van der Waals surface area (Å²) in [6.45, 7) is 0.103. The molecule has 0 saturated heterocycles. The Morgan fingerprint density at radius 1 is 1.27 bits per heavy atom. The van der Waals surface area contributed by atoms with Crippen molar-refractivity contribution in [1.82, 2.24) is 10.2 Å². The van der Waals surface area contributed by atoms with E-state index in [9.17, 15) is 4.79 Å². The van der Waals surface area contributed by atoms with Gasteiger partial charge in [0, 0.05) is 30.9 Å². The lowest BCUT2D eigenvalue weighted by atomic mass is 10.2. The van der Waals surface area contributed by atoms with Crippen molar-refractivity contribution in [2.45, 2.75) is 6.54 Å². The Hall–Kier alpha value is -2.07. The normalized spacial score (nSPS) is 10.9. The first kappa shape index (κ1) is 18.0. The third-order valence-corrected chi connectivity index (χ3v) is 3.10. The third-order valence-electron chi connectivity index (χ3n) is 2.84. The predicted octanol–water partition coefficient (Wildman–Crippen LogP) is 0.650. The molecular formula is C15H18ClN3O3. The average molecular weight is 324 g/mol. The molecule has 0 aliphatic carbocycles. The summed E-state index contributed by atoms with van der Waals surface area (Å²) in [5.74, 6) is -0.533. The summed E-state index contributed by atoms with van der Waals surface area (Å²) in [6.07, 6.45) is 1.33. The fourth-order valence-electron chi connectivity index (χ4n) is 1.74. The highest BCUT2D eigenvalue weighted by atomic mass is 35.5. The molecule has 6 nitrogen and oxygen atoms in total. The number of rotatable bonds is 8. The van der Waals surface area contributed by atoms with Crippen molar-refractivity contribution in [2.75, 3.05) is 26.3 Å². The van der Waals surface area contributed by atoms with E-state index in [1.165, 1.54) is 11.1 Å². The SMILES string of the molecule is N#C/C(=C/NCc1ccc(Cl)cc1)C(=O)N(CCO)CCO. The minimum atomic E-state index is -0.533. The van der Waals surface area contributed by atoms with Crippen LogP contribution in [0.2, 0.25) is 5.02 Å². The van der Waals surface area contributed by atoms with E-state index in [0.717, 1.165) is 5.56 Å². The van der Waals surface area contributed by atoms with Crippen LogP contribution in [0.15, 0.2) is 36.0 Å². The molecule has 0 aliphatic rings. The molecule has 1 rings (SSSR count). The number of hydrogen-bond acceptors (Lipinski definition) is 5. The number of nitrogens with one attached hydrogen (secondary N) is 1. The summed E-state index contributed by atoms with van der Waals surface area (Å²) in [5, 5.41) is 30.4. The Morgan fingerprint density at radius 3 is 2.36 bits per heavy atom. The summed E-state index contributed by atoms with van der Waals surface area (Å²) in [6, 6.07) is 8.99. The standard InChI is InChI=1S/C15H18ClN3O3/c16-14-3-1-12(2-4-14)10-18-11-13(9-17)15(22)19(5-7-20)6-8-21/h1-4,11,18,20-21H,5-8,10H2/b13-11-. The topological polar surface area (TPSA) is 96.6 Å². The first-order valence-electron chi connectivity index (χ1n) is 6.71. The van der Waals surface area contributed by atoms with E-state index >= 15 is 0 Å². The minimum absolute atomic E-state index is 0.0651. The summed E-state index contributed by atoms with van der Waals surface area (Å²) < 4.78 is 0. The lowest BCUT2D eigenvalue weighted by Gasteiger charge is -2.20. The number of carbonyl (C=O) groups excluding carboxylic acids is 1. The number of amides is 1. The second-order valence-corrected chi connectivity index (χ2v) is 4.85. The maximum Gasteiger partial charge on any atom is 0.266 e. The highest BCUT2D eigenvalue weighted by Gasteiger charge is 2.17. The quantitative estimate of drug-likeness (QED) is 0.482. The second kappa shape index (κ2) is 9.79.